The molecule has 0 unspecified atom stereocenters. The minimum absolute atomic E-state index is 0.0267. The van der Waals surface area contributed by atoms with E-state index in [4.69, 9.17) is 10.8 Å². The van der Waals surface area contributed by atoms with Crippen molar-refractivity contribution in [1.29, 1.82) is 0 Å². The number of carboxylic acid groups (broad SMARTS) is 1. The molecule has 1 aliphatic heterocycles. The van der Waals surface area contributed by atoms with Crippen molar-refractivity contribution in [1.82, 2.24) is 19.3 Å². The maximum atomic E-state index is 12.6. The molecule has 1 saturated heterocycles. The molecule has 0 spiro atoms. The molecule has 0 radical (unpaired) electrons. The third-order valence-electron chi connectivity index (χ3n) is 4.51. The van der Waals surface area contributed by atoms with Gasteiger partial charge in [-0.15, -0.1) is 9.19 Å². The van der Waals surface area contributed by atoms with Gasteiger partial charge in [-0.3, -0.25) is 0 Å². The van der Waals surface area contributed by atoms with Crippen molar-refractivity contribution in [2.24, 2.45) is 5.73 Å². The lowest BCUT2D eigenvalue weighted by molar-refractivity contribution is -0.0247. The number of rotatable bonds is 4. The molecule has 1 aliphatic rings. The van der Waals surface area contributed by atoms with E-state index in [0.29, 0.717) is 10.6 Å². The average Bonchev–Trinajstić information content (AvgIpc) is 3.14. The highest BCUT2D eigenvalue weighted by molar-refractivity contribution is 7.89. The first kappa shape index (κ1) is 18.3. The number of amides is 1. The zero-order valence-corrected chi connectivity index (χ0v) is 14.6. The quantitative estimate of drug-likeness (QED) is 0.666. The van der Waals surface area contributed by atoms with E-state index in [1.165, 1.54) is 23.2 Å². The average molecular weight is 381 g/mol. The van der Waals surface area contributed by atoms with Crippen molar-refractivity contribution in [2.75, 3.05) is 13.1 Å². The number of benzene rings is 1. The summed E-state index contributed by atoms with van der Waals surface area (Å²) in [5.41, 5.74) is 4.99. The van der Waals surface area contributed by atoms with E-state index < -0.39 is 21.7 Å². The Balaban J connectivity index is 1.83. The molecule has 1 aromatic carbocycles. The first-order valence-electron chi connectivity index (χ1n) is 7.94. The third kappa shape index (κ3) is 3.28. The fourth-order valence-electron chi connectivity index (χ4n) is 2.81. The minimum Gasteiger partial charge on any atom is -0.465 e. The van der Waals surface area contributed by atoms with Gasteiger partial charge in [-0.05, 0) is 30.5 Å². The summed E-state index contributed by atoms with van der Waals surface area (Å²) >= 11 is 0. The van der Waals surface area contributed by atoms with Gasteiger partial charge in [0.15, 0.2) is 0 Å². The summed E-state index contributed by atoms with van der Waals surface area (Å²) in [7, 11) is -3.95. The van der Waals surface area contributed by atoms with Gasteiger partial charge < -0.3 is 20.8 Å². The molecule has 1 fully saturated rings. The number of carbonyl (C=O) groups is 1. The molecule has 26 heavy (non-hydrogen) atoms. The van der Waals surface area contributed by atoms with Gasteiger partial charge in [0.25, 0.3) is 10.0 Å². The highest BCUT2D eigenvalue weighted by Crippen LogP contribution is 2.31. The van der Waals surface area contributed by atoms with Gasteiger partial charge in [0.05, 0.1) is 11.1 Å². The Hall–Kier alpha value is -2.50. The fraction of sp³-hybridized carbons (Fsp3) is 0.400. The van der Waals surface area contributed by atoms with Crippen LogP contribution in [0.1, 0.15) is 24.1 Å². The molecule has 140 valence electrons. The Labute approximate surface area is 149 Å². The van der Waals surface area contributed by atoms with Gasteiger partial charge in [0, 0.05) is 19.6 Å². The van der Waals surface area contributed by atoms with Crippen LogP contribution in [0.2, 0.25) is 0 Å². The van der Waals surface area contributed by atoms with Crippen LogP contribution in [0.15, 0.2) is 35.4 Å². The van der Waals surface area contributed by atoms with E-state index >= 15 is 0 Å². The first-order chi connectivity index (χ1) is 12.3. The molecule has 10 nitrogen and oxygen atoms in total. The third-order valence-corrected chi connectivity index (χ3v) is 6.05. The molecular weight excluding hydrogens is 362 g/mol. The zero-order valence-electron chi connectivity index (χ0n) is 13.8. The van der Waals surface area contributed by atoms with Gasteiger partial charge >= 0.3 is 6.09 Å². The van der Waals surface area contributed by atoms with Crippen molar-refractivity contribution in [3.8, 4) is 0 Å². The predicted molar refractivity (Wildman–Crippen MR) is 89.7 cm³/mol. The maximum Gasteiger partial charge on any atom is 0.407 e. The second-order valence-corrected chi connectivity index (χ2v) is 7.93. The molecule has 4 N–H and O–H groups in total. The smallest absolute Gasteiger partial charge is 0.407 e. The van der Waals surface area contributed by atoms with E-state index in [2.05, 4.69) is 10.3 Å². The number of likely N-dealkylation sites (tertiary alicyclic amines) is 1. The molecule has 0 atom stereocenters. The monoisotopic (exact) mass is 381 g/mol. The topological polar surface area (TPSA) is 152 Å². The number of aliphatic hydroxyl groups is 1. The zero-order chi connectivity index (χ0) is 18.9. The Morgan fingerprint density at radius 3 is 2.38 bits per heavy atom. The molecule has 0 bridgehead atoms. The minimum atomic E-state index is -3.95. The number of aromatic nitrogens is 3. The first-order valence-corrected chi connectivity index (χ1v) is 9.38. The summed E-state index contributed by atoms with van der Waals surface area (Å²) < 4.78 is 26.0. The Kier molecular flexibility index (Phi) is 4.69. The van der Waals surface area contributed by atoms with E-state index in [1.807, 2.05) is 0 Å². The lowest BCUT2D eigenvalue weighted by Gasteiger charge is -2.35. The Bertz CT molecular complexity index is 901. The Morgan fingerprint density at radius 2 is 1.85 bits per heavy atom. The maximum absolute atomic E-state index is 12.6. The van der Waals surface area contributed by atoms with E-state index in [9.17, 15) is 18.3 Å². The number of piperidine rings is 1. The second kappa shape index (κ2) is 6.67. The summed E-state index contributed by atoms with van der Waals surface area (Å²) in [6.07, 6.45) is 0.342. The SMILES string of the molecule is NCc1ccc(S(=O)(=O)n2cc(C3(O)CCN(C(=O)O)CC3)nn2)cc1. The molecule has 2 heterocycles. The van der Waals surface area contributed by atoms with Crippen LogP contribution in [-0.4, -0.2) is 57.1 Å². The number of hydrogen-bond acceptors (Lipinski definition) is 7. The number of nitrogens with two attached hydrogens (primary N) is 1. The van der Waals surface area contributed by atoms with Crippen molar-refractivity contribution in [3.63, 3.8) is 0 Å². The van der Waals surface area contributed by atoms with Crippen molar-refractivity contribution >= 4 is 16.1 Å². The van der Waals surface area contributed by atoms with Crippen molar-refractivity contribution < 1.29 is 23.4 Å². The summed E-state index contributed by atoms with van der Waals surface area (Å²) in [6.45, 7) is 0.562. The Morgan fingerprint density at radius 1 is 1.23 bits per heavy atom. The van der Waals surface area contributed by atoms with Crippen LogP contribution < -0.4 is 5.73 Å². The van der Waals surface area contributed by atoms with Gasteiger partial charge in [0.1, 0.15) is 11.3 Å². The highest BCUT2D eigenvalue weighted by atomic mass is 32.2. The molecule has 11 heteroatoms. The molecule has 1 aromatic heterocycles. The van der Waals surface area contributed by atoms with Gasteiger partial charge in [-0.25, -0.2) is 4.79 Å². The van der Waals surface area contributed by atoms with Gasteiger partial charge in [-0.1, -0.05) is 17.3 Å². The second-order valence-electron chi connectivity index (χ2n) is 6.13. The van der Waals surface area contributed by atoms with E-state index in [-0.39, 0.29) is 36.5 Å². The summed E-state index contributed by atoms with van der Waals surface area (Å²) in [5, 5.41) is 27.1. The predicted octanol–water partition coefficient (Wildman–Crippen LogP) is -0.0648. The van der Waals surface area contributed by atoms with Crippen molar-refractivity contribution in [2.45, 2.75) is 29.9 Å². The van der Waals surface area contributed by atoms with Crippen LogP contribution in [-0.2, 0) is 22.2 Å². The van der Waals surface area contributed by atoms with Crippen LogP contribution in [0.3, 0.4) is 0 Å². The normalized spacial score (nSPS) is 17.2. The molecular formula is C15H19N5O5S. The number of nitrogens with zero attached hydrogens (tertiary/aromatic N) is 4. The van der Waals surface area contributed by atoms with E-state index in [0.717, 1.165) is 5.56 Å². The van der Waals surface area contributed by atoms with Gasteiger partial charge in [0.2, 0.25) is 0 Å². The van der Waals surface area contributed by atoms with Crippen LogP contribution in [0.25, 0.3) is 0 Å². The standard InChI is InChI=1S/C15H19N5O5S/c16-9-11-1-3-12(4-2-11)26(24,25)20-10-13(17-18-20)15(23)5-7-19(8-6-15)14(21)22/h1-4,10,23H,5-9,16H2,(H,21,22). The van der Waals surface area contributed by atoms with E-state index in [1.54, 1.807) is 12.1 Å². The molecule has 3 rings (SSSR count). The highest BCUT2D eigenvalue weighted by Gasteiger charge is 2.38. The number of hydrogen-bond donors (Lipinski definition) is 3. The van der Waals surface area contributed by atoms with Crippen LogP contribution in [0, 0.1) is 0 Å². The lowest BCUT2D eigenvalue weighted by atomic mass is 9.89. The molecule has 0 aliphatic carbocycles. The summed E-state index contributed by atoms with van der Waals surface area (Å²) in [4.78, 5) is 12.2. The molecule has 2 aromatic rings. The summed E-state index contributed by atoms with van der Waals surface area (Å²) in [5.74, 6) is 0. The van der Waals surface area contributed by atoms with Crippen molar-refractivity contribution in [3.05, 3.63) is 41.7 Å². The molecule has 1 amide bonds. The molecule has 0 saturated carbocycles. The fourth-order valence-corrected chi connectivity index (χ4v) is 3.88. The lowest BCUT2D eigenvalue weighted by Crippen LogP contribution is -2.44. The van der Waals surface area contributed by atoms with Gasteiger partial charge in [-0.2, -0.15) is 8.42 Å². The largest absolute Gasteiger partial charge is 0.465 e. The summed E-state index contributed by atoms with van der Waals surface area (Å²) in [6, 6.07) is 6.08. The van der Waals surface area contributed by atoms with Crippen LogP contribution in [0.5, 0.6) is 0 Å². The van der Waals surface area contributed by atoms with Crippen LogP contribution >= 0.6 is 0 Å². The van der Waals surface area contributed by atoms with Crippen LogP contribution in [0.4, 0.5) is 4.79 Å².